The zero-order valence-electron chi connectivity index (χ0n) is 6.60. The van der Waals surface area contributed by atoms with E-state index in [1.807, 2.05) is 0 Å². The molecule has 0 aromatic carbocycles. The Kier molecular flexibility index (Phi) is 3.31. The minimum absolute atomic E-state index is 0.241. The van der Waals surface area contributed by atoms with Crippen molar-refractivity contribution in [3.8, 4) is 0 Å². The van der Waals surface area contributed by atoms with Crippen molar-refractivity contribution < 1.29 is 30.5 Å². The Labute approximate surface area is 72.5 Å². The summed E-state index contributed by atoms with van der Waals surface area (Å²) in [5.41, 5.74) is 0. The maximum atomic E-state index is 12.4. The second kappa shape index (κ2) is 3.41. The summed E-state index contributed by atoms with van der Waals surface area (Å²) in [6.45, 7) is 0.241. The van der Waals surface area contributed by atoms with Gasteiger partial charge in [-0.1, -0.05) is 0 Å². The number of hydrogen-bond acceptors (Lipinski definition) is 2. The summed E-state index contributed by atoms with van der Waals surface area (Å²) in [5, 5.41) is 0. The van der Waals surface area contributed by atoms with Crippen LogP contribution in [0.3, 0.4) is 0 Å². The van der Waals surface area contributed by atoms with Crippen molar-refractivity contribution in [1.29, 1.82) is 0 Å². The molecule has 0 saturated heterocycles. The van der Waals surface area contributed by atoms with Gasteiger partial charge in [0.05, 0.1) is 6.42 Å². The topological polar surface area (TPSA) is 54.4 Å². The molecule has 1 N–H and O–H groups in total. The van der Waals surface area contributed by atoms with Crippen molar-refractivity contribution in [3.05, 3.63) is 0 Å². The first-order valence-electron chi connectivity index (χ1n) is 3.12. The van der Waals surface area contributed by atoms with Gasteiger partial charge in [0.1, 0.15) is 5.75 Å². The highest BCUT2D eigenvalue weighted by molar-refractivity contribution is 7.85. The molecule has 0 rings (SSSR count). The molecule has 0 aliphatic heterocycles. The highest BCUT2D eigenvalue weighted by Crippen LogP contribution is 2.30. The first-order chi connectivity index (χ1) is 5.41. The summed E-state index contributed by atoms with van der Waals surface area (Å²) >= 11 is 0. The van der Waals surface area contributed by atoms with E-state index in [9.17, 15) is 26.0 Å². The fourth-order valence-electron chi connectivity index (χ4n) is 0.772. The summed E-state index contributed by atoms with van der Waals surface area (Å²) in [4.78, 5) is 0. The van der Waals surface area contributed by atoms with Crippen LogP contribution in [-0.4, -0.2) is 30.6 Å². The third-order valence-corrected chi connectivity index (χ3v) is 1.75. The maximum absolute atomic E-state index is 12.4. The Hall–Kier alpha value is -0.370. The van der Waals surface area contributed by atoms with Crippen LogP contribution in [0.2, 0.25) is 0 Å². The van der Waals surface area contributed by atoms with Crippen LogP contribution in [0.1, 0.15) is 13.3 Å². The van der Waals surface area contributed by atoms with Gasteiger partial charge in [0.2, 0.25) is 0 Å². The lowest BCUT2D eigenvalue weighted by Gasteiger charge is -2.18. The zero-order chi connectivity index (χ0) is 10.9. The van der Waals surface area contributed by atoms with Crippen LogP contribution >= 0.6 is 0 Å². The van der Waals surface area contributed by atoms with E-state index < -0.39 is 34.1 Å². The van der Waals surface area contributed by atoms with Crippen LogP contribution < -0.4 is 0 Å². The predicted octanol–water partition coefficient (Wildman–Crippen LogP) is 1.55. The van der Waals surface area contributed by atoms with E-state index in [-0.39, 0.29) is 6.92 Å². The van der Waals surface area contributed by atoms with Crippen molar-refractivity contribution in [3.63, 3.8) is 0 Å². The van der Waals surface area contributed by atoms with E-state index in [1.54, 1.807) is 0 Å². The molecule has 0 bridgehead atoms. The molecule has 0 aromatic heterocycles. The minimum atomic E-state index is -4.94. The summed E-state index contributed by atoms with van der Waals surface area (Å²) in [7, 11) is -4.94. The quantitative estimate of drug-likeness (QED) is 0.582. The largest absolute Gasteiger partial charge is 0.285 e. The van der Waals surface area contributed by atoms with Crippen LogP contribution in [0.4, 0.5) is 17.6 Å². The monoisotopic (exact) mass is 224 g/mol. The van der Waals surface area contributed by atoms with Gasteiger partial charge in [-0.05, 0) is 6.92 Å². The molecule has 3 nitrogen and oxygen atoms in total. The smallest absolute Gasteiger partial charge is 0.270 e. The number of hydrogen-bond donors (Lipinski definition) is 1. The lowest BCUT2D eigenvalue weighted by molar-refractivity contribution is -0.0879. The van der Waals surface area contributed by atoms with E-state index >= 15 is 0 Å². The van der Waals surface area contributed by atoms with Crippen LogP contribution in [0.5, 0.6) is 0 Å². The highest BCUT2D eigenvalue weighted by Gasteiger charge is 2.43. The maximum Gasteiger partial charge on any atom is 0.270 e. The van der Waals surface area contributed by atoms with Gasteiger partial charge in [-0.2, -0.15) is 8.42 Å². The first-order valence-corrected chi connectivity index (χ1v) is 4.73. The molecular weight excluding hydrogens is 216 g/mol. The van der Waals surface area contributed by atoms with Crippen molar-refractivity contribution in [2.45, 2.75) is 25.2 Å². The van der Waals surface area contributed by atoms with Gasteiger partial charge in [-0.15, -0.1) is 0 Å². The van der Waals surface area contributed by atoms with E-state index in [1.165, 1.54) is 0 Å². The standard InChI is InChI=1S/C5H8F4O3S/c1-4(6,7)2-5(8,9)3-13(10,11)12/h2-3H2,1H3,(H,10,11,12). The molecule has 0 amide bonds. The Morgan fingerprint density at radius 1 is 1.23 bits per heavy atom. The normalized spacial score (nSPS) is 14.6. The summed E-state index contributed by atoms with van der Waals surface area (Å²) in [6, 6.07) is 0. The molecule has 80 valence electrons. The van der Waals surface area contributed by atoms with Crippen molar-refractivity contribution in [2.24, 2.45) is 0 Å². The summed E-state index contributed by atoms with van der Waals surface area (Å²) < 4.78 is 76.8. The molecule has 13 heavy (non-hydrogen) atoms. The number of halogens is 4. The van der Waals surface area contributed by atoms with Crippen LogP contribution in [0, 0.1) is 0 Å². The second-order valence-corrected chi connectivity index (χ2v) is 4.28. The average molecular weight is 224 g/mol. The molecule has 0 aliphatic carbocycles. The molecule has 8 heteroatoms. The minimum Gasteiger partial charge on any atom is -0.285 e. The van der Waals surface area contributed by atoms with Gasteiger partial charge >= 0.3 is 0 Å². The van der Waals surface area contributed by atoms with Crippen molar-refractivity contribution in [1.82, 2.24) is 0 Å². The van der Waals surface area contributed by atoms with E-state index in [0.29, 0.717) is 0 Å². The number of alkyl halides is 4. The third-order valence-electron chi connectivity index (χ3n) is 0.963. The molecule has 0 radical (unpaired) electrons. The van der Waals surface area contributed by atoms with Gasteiger partial charge in [0, 0.05) is 0 Å². The van der Waals surface area contributed by atoms with Crippen LogP contribution in [0.25, 0.3) is 0 Å². The molecule has 0 aliphatic rings. The summed E-state index contributed by atoms with van der Waals surface area (Å²) in [5.74, 6) is -9.77. The van der Waals surface area contributed by atoms with Gasteiger partial charge < -0.3 is 0 Å². The van der Waals surface area contributed by atoms with E-state index in [0.717, 1.165) is 0 Å². The fraction of sp³-hybridized carbons (Fsp3) is 1.00. The highest BCUT2D eigenvalue weighted by atomic mass is 32.2. The van der Waals surface area contributed by atoms with Gasteiger partial charge in [-0.25, -0.2) is 17.6 Å². The molecule has 0 atom stereocenters. The first kappa shape index (κ1) is 12.6. The summed E-state index contributed by atoms with van der Waals surface area (Å²) in [6.07, 6.45) is -1.90. The molecule has 0 aromatic rings. The van der Waals surface area contributed by atoms with E-state index in [2.05, 4.69) is 0 Å². The zero-order valence-corrected chi connectivity index (χ0v) is 7.41. The SMILES string of the molecule is CC(F)(F)CC(F)(F)CS(=O)(=O)O. The fourth-order valence-corrected chi connectivity index (χ4v) is 1.41. The van der Waals surface area contributed by atoms with Crippen molar-refractivity contribution in [2.75, 3.05) is 5.75 Å². The predicted molar refractivity (Wildman–Crippen MR) is 36.6 cm³/mol. The second-order valence-electron chi connectivity index (χ2n) is 2.83. The van der Waals surface area contributed by atoms with Gasteiger partial charge in [0.25, 0.3) is 22.0 Å². The third kappa shape index (κ3) is 7.97. The molecule has 0 saturated carbocycles. The molecule has 0 heterocycles. The Balaban J connectivity index is 4.43. The lowest BCUT2D eigenvalue weighted by atomic mass is 10.2. The van der Waals surface area contributed by atoms with Gasteiger partial charge in [0.15, 0.2) is 0 Å². The van der Waals surface area contributed by atoms with Crippen LogP contribution in [-0.2, 0) is 10.1 Å². The average Bonchev–Trinajstić information content (AvgIpc) is 1.43. The molecule has 0 unspecified atom stereocenters. The Bertz CT molecular complexity index is 266. The lowest BCUT2D eigenvalue weighted by Crippen LogP contribution is -2.33. The van der Waals surface area contributed by atoms with Crippen molar-refractivity contribution >= 4 is 10.1 Å². The van der Waals surface area contributed by atoms with Gasteiger partial charge in [-0.3, -0.25) is 4.55 Å². The molecule has 0 fully saturated rings. The van der Waals surface area contributed by atoms with E-state index in [4.69, 9.17) is 4.55 Å². The molecule has 0 spiro atoms. The van der Waals surface area contributed by atoms with Crippen LogP contribution in [0.15, 0.2) is 0 Å². The Morgan fingerprint density at radius 2 is 1.62 bits per heavy atom. The number of rotatable bonds is 4. The molecular formula is C5H8F4O3S. The Morgan fingerprint density at radius 3 is 1.85 bits per heavy atom.